The molecule has 1 amide bonds. The van der Waals surface area contributed by atoms with E-state index >= 15 is 0 Å². The van der Waals surface area contributed by atoms with Gasteiger partial charge in [0.2, 0.25) is 5.91 Å². The van der Waals surface area contributed by atoms with E-state index in [0.29, 0.717) is 31.6 Å². The van der Waals surface area contributed by atoms with E-state index in [2.05, 4.69) is 35.6 Å². The first-order chi connectivity index (χ1) is 14.6. The quantitative estimate of drug-likeness (QED) is 0.811. The number of hydrogen-bond donors (Lipinski definition) is 1. The van der Waals surface area contributed by atoms with Crippen LogP contribution < -0.4 is 14.8 Å². The second-order valence-electron chi connectivity index (χ2n) is 10.0. The summed E-state index contributed by atoms with van der Waals surface area (Å²) < 4.78 is 11.3. The Kier molecular flexibility index (Phi) is 4.12. The van der Waals surface area contributed by atoms with Gasteiger partial charge < -0.3 is 14.8 Å². The predicted octanol–water partition coefficient (Wildman–Crippen LogP) is 4.61. The van der Waals surface area contributed by atoms with Gasteiger partial charge >= 0.3 is 0 Å². The van der Waals surface area contributed by atoms with Crippen molar-refractivity contribution in [3.05, 3.63) is 59.7 Å². The van der Waals surface area contributed by atoms with E-state index in [9.17, 15) is 4.79 Å². The molecule has 0 radical (unpaired) electrons. The van der Waals surface area contributed by atoms with Gasteiger partial charge in [-0.1, -0.05) is 36.4 Å². The van der Waals surface area contributed by atoms with Crippen molar-refractivity contribution in [1.29, 1.82) is 0 Å². The molecule has 5 aliphatic rings. The average molecular weight is 404 g/mol. The van der Waals surface area contributed by atoms with Crippen LogP contribution in [0.5, 0.6) is 11.5 Å². The van der Waals surface area contributed by atoms with E-state index in [4.69, 9.17) is 9.47 Å². The molecule has 1 aliphatic heterocycles. The molecule has 4 fully saturated rings. The van der Waals surface area contributed by atoms with Gasteiger partial charge in [-0.15, -0.1) is 0 Å². The molecule has 0 spiro atoms. The molecule has 1 heterocycles. The van der Waals surface area contributed by atoms with Gasteiger partial charge in [0.25, 0.3) is 0 Å². The van der Waals surface area contributed by atoms with Crippen LogP contribution >= 0.6 is 0 Å². The molecule has 4 atom stereocenters. The van der Waals surface area contributed by atoms with Gasteiger partial charge in [0, 0.05) is 6.54 Å². The van der Waals surface area contributed by atoms with Crippen LogP contribution in [-0.4, -0.2) is 19.1 Å². The Bertz CT molecular complexity index is 955. The van der Waals surface area contributed by atoms with Crippen LogP contribution in [-0.2, 0) is 16.8 Å². The fourth-order valence-electron chi connectivity index (χ4n) is 7.23. The smallest absolute Gasteiger partial charge is 0.226 e. The van der Waals surface area contributed by atoms with Crippen molar-refractivity contribution < 1.29 is 14.3 Å². The Balaban J connectivity index is 1.22. The van der Waals surface area contributed by atoms with E-state index in [1.165, 1.54) is 24.8 Å². The average Bonchev–Trinajstić information content (AvgIpc) is 2.77. The van der Waals surface area contributed by atoms with Crippen molar-refractivity contribution in [3.8, 4) is 11.5 Å². The number of nitrogens with one attached hydrogen (secondary N) is 1. The Hall–Kier alpha value is -2.49. The first kappa shape index (κ1) is 18.3. The third kappa shape index (κ3) is 2.91. The molecule has 4 saturated carbocycles. The first-order valence-corrected chi connectivity index (χ1v) is 11.4. The number of carbonyl (C=O) groups is 1. The summed E-state index contributed by atoms with van der Waals surface area (Å²) in [6.45, 7) is 1.72. The number of hydrogen-bond acceptors (Lipinski definition) is 3. The van der Waals surface area contributed by atoms with Gasteiger partial charge in [-0.2, -0.15) is 0 Å². The molecule has 4 heteroatoms. The molecule has 2 aromatic rings. The first-order valence-electron chi connectivity index (χ1n) is 11.4. The minimum atomic E-state index is -0.201. The second kappa shape index (κ2) is 6.76. The van der Waals surface area contributed by atoms with Crippen molar-refractivity contribution in [2.45, 2.75) is 50.5 Å². The number of fused-ring (bicyclic) bond motifs is 1. The molecular formula is C26H29NO3. The number of amides is 1. The predicted molar refractivity (Wildman–Crippen MR) is 115 cm³/mol. The highest BCUT2D eigenvalue weighted by Gasteiger charge is 2.60. The highest BCUT2D eigenvalue weighted by atomic mass is 16.6. The minimum absolute atomic E-state index is 0.194. The van der Waals surface area contributed by atoms with Crippen molar-refractivity contribution in [2.24, 2.45) is 17.3 Å². The molecule has 2 unspecified atom stereocenters. The molecule has 4 nitrogen and oxygen atoms in total. The largest absolute Gasteiger partial charge is 0.486 e. The second-order valence-corrected chi connectivity index (χ2v) is 10.0. The molecule has 4 aliphatic carbocycles. The third-order valence-corrected chi connectivity index (χ3v) is 7.99. The van der Waals surface area contributed by atoms with Crippen LogP contribution in [0.25, 0.3) is 0 Å². The van der Waals surface area contributed by atoms with E-state index in [1.807, 2.05) is 18.2 Å². The fraction of sp³-hybridized carbons (Fsp3) is 0.500. The zero-order chi connectivity index (χ0) is 20.2. The van der Waals surface area contributed by atoms with Gasteiger partial charge in [-0.3, -0.25) is 4.79 Å². The summed E-state index contributed by atoms with van der Waals surface area (Å²) in [5.41, 5.74) is 2.51. The van der Waals surface area contributed by atoms with Crippen molar-refractivity contribution in [2.75, 3.05) is 13.2 Å². The topological polar surface area (TPSA) is 47.6 Å². The van der Waals surface area contributed by atoms with Crippen LogP contribution in [0, 0.1) is 17.3 Å². The lowest BCUT2D eigenvalue weighted by molar-refractivity contribution is -0.149. The molecule has 1 N–H and O–H groups in total. The number of benzene rings is 2. The normalized spacial score (nSPS) is 33.3. The molecule has 2 aromatic carbocycles. The van der Waals surface area contributed by atoms with E-state index in [0.717, 1.165) is 36.3 Å². The highest BCUT2D eigenvalue weighted by molar-refractivity contribution is 5.83. The van der Waals surface area contributed by atoms with Crippen LogP contribution in [0.4, 0.5) is 0 Å². The molecule has 30 heavy (non-hydrogen) atoms. The molecule has 7 rings (SSSR count). The highest BCUT2D eigenvalue weighted by Crippen LogP contribution is 2.65. The Morgan fingerprint density at radius 2 is 1.67 bits per heavy atom. The summed E-state index contributed by atoms with van der Waals surface area (Å²) in [5.74, 6) is 3.21. The van der Waals surface area contributed by atoms with Crippen LogP contribution in [0.2, 0.25) is 0 Å². The van der Waals surface area contributed by atoms with Gasteiger partial charge in [-0.05, 0) is 79.0 Å². The standard InChI is InChI=1S/C26H29NO3/c28-24(27-16-18-6-7-22-23(11-18)30-9-8-29-22)26-14-19-10-20(15-26)13-25(12-19,17-26)21-4-2-1-3-5-21/h1-7,11,19-20H,8-10,12-17H2,(H,27,28)/t19-,20+,25?,26?. The van der Waals surface area contributed by atoms with Crippen LogP contribution in [0.1, 0.15) is 49.7 Å². The lowest BCUT2D eigenvalue weighted by Gasteiger charge is -2.61. The van der Waals surface area contributed by atoms with E-state index < -0.39 is 0 Å². The number of rotatable bonds is 4. The Labute approximate surface area is 178 Å². The molecule has 4 bridgehead atoms. The summed E-state index contributed by atoms with van der Waals surface area (Å²) >= 11 is 0. The molecule has 0 aromatic heterocycles. The van der Waals surface area contributed by atoms with Gasteiger partial charge in [0.15, 0.2) is 11.5 Å². The minimum Gasteiger partial charge on any atom is -0.486 e. The monoisotopic (exact) mass is 403 g/mol. The lowest BCUT2D eigenvalue weighted by Crippen LogP contribution is -2.59. The molecule has 0 saturated heterocycles. The molecule has 156 valence electrons. The maximum absolute atomic E-state index is 13.6. The van der Waals surface area contributed by atoms with Crippen molar-refractivity contribution in [3.63, 3.8) is 0 Å². The van der Waals surface area contributed by atoms with Crippen molar-refractivity contribution >= 4 is 5.91 Å². The summed E-state index contributed by atoms with van der Waals surface area (Å²) in [6.07, 6.45) is 6.95. The van der Waals surface area contributed by atoms with E-state index in [1.54, 1.807) is 0 Å². The summed E-state index contributed by atoms with van der Waals surface area (Å²) in [7, 11) is 0. The van der Waals surface area contributed by atoms with Gasteiger partial charge in [-0.25, -0.2) is 0 Å². The Morgan fingerprint density at radius 3 is 2.43 bits per heavy atom. The molecular weight excluding hydrogens is 374 g/mol. The zero-order valence-electron chi connectivity index (χ0n) is 17.4. The summed E-state index contributed by atoms with van der Waals surface area (Å²) in [5, 5.41) is 3.30. The Morgan fingerprint density at radius 1 is 0.933 bits per heavy atom. The zero-order valence-corrected chi connectivity index (χ0v) is 17.4. The SMILES string of the molecule is O=C(NCc1ccc2c(c1)OCCO2)C12C[C@H]3C[C@@H](C1)CC(c1ccccc1)(C3)C2. The third-order valence-electron chi connectivity index (χ3n) is 7.99. The van der Waals surface area contributed by atoms with Crippen LogP contribution in [0.15, 0.2) is 48.5 Å². The van der Waals surface area contributed by atoms with Crippen molar-refractivity contribution in [1.82, 2.24) is 5.32 Å². The van der Waals surface area contributed by atoms with Gasteiger partial charge in [0.05, 0.1) is 5.41 Å². The van der Waals surface area contributed by atoms with Gasteiger partial charge in [0.1, 0.15) is 13.2 Å². The fourth-order valence-corrected chi connectivity index (χ4v) is 7.23. The maximum atomic E-state index is 13.6. The summed E-state index contributed by atoms with van der Waals surface area (Å²) in [6, 6.07) is 17.0. The summed E-state index contributed by atoms with van der Waals surface area (Å²) in [4.78, 5) is 13.6. The lowest BCUT2D eigenvalue weighted by atomic mass is 9.42. The van der Waals surface area contributed by atoms with Crippen LogP contribution in [0.3, 0.4) is 0 Å². The maximum Gasteiger partial charge on any atom is 0.226 e. The number of ether oxygens (including phenoxy) is 2. The van der Waals surface area contributed by atoms with E-state index in [-0.39, 0.29) is 16.7 Å². The number of carbonyl (C=O) groups excluding carboxylic acids is 1.